The van der Waals surface area contributed by atoms with E-state index in [1.165, 1.54) is 0 Å². The largest absolute Gasteiger partial charge is 0.368 e. The van der Waals surface area contributed by atoms with Crippen molar-refractivity contribution in [3.05, 3.63) is 30.5 Å². The van der Waals surface area contributed by atoms with Crippen LogP contribution in [0.3, 0.4) is 0 Å². The molecule has 20 heavy (non-hydrogen) atoms. The van der Waals surface area contributed by atoms with Crippen LogP contribution in [-0.4, -0.2) is 32.1 Å². The molecule has 0 atom stereocenters. The van der Waals surface area contributed by atoms with E-state index in [2.05, 4.69) is 20.3 Å². The Morgan fingerprint density at radius 1 is 1.35 bits per heavy atom. The Kier molecular flexibility index (Phi) is 3.51. The van der Waals surface area contributed by atoms with Crippen LogP contribution in [0.25, 0.3) is 0 Å². The number of hydrogen-bond donors (Lipinski definition) is 3. The van der Waals surface area contributed by atoms with Gasteiger partial charge < -0.3 is 21.4 Å². The van der Waals surface area contributed by atoms with Crippen LogP contribution in [0.15, 0.2) is 24.8 Å². The molecule has 2 heterocycles. The zero-order valence-electron chi connectivity index (χ0n) is 11.2. The highest BCUT2D eigenvalue weighted by atomic mass is 15.1. The maximum Gasteiger partial charge on any atom is 0.222 e. The highest BCUT2D eigenvalue weighted by molar-refractivity contribution is 5.41. The molecule has 2 aromatic rings. The third kappa shape index (κ3) is 2.88. The number of nitrogens with zero attached hydrogens (tertiary/aromatic N) is 4. The molecule has 7 nitrogen and oxygen atoms in total. The van der Waals surface area contributed by atoms with Crippen molar-refractivity contribution in [3.8, 4) is 0 Å². The third-order valence-corrected chi connectivity index (χ3v) is 3.59. The van der Waals surface area contributed by atoms with Crippen LogP contribution >= 0.6 is 0 Å². The first-order valence-electron chi connectivity index (χ1n) is 6.80. The van der Waals surface area contributed by atoms with Gasteiger partial charge in [-0.1, -0.05) is 0 Å². The SMILES string of the molecule is Nc1nc(NCCn2ccnc2)cc(C2CC(N)C2)n1. The molecule has 7 heteroatoms. The number of aromatic nitrogens is 4. The molecule has 0 bridgehead atoms. The first kappa shape index (κ1) is 12.9. The predicted octanol–water partition coefficient (Wildman–Crippen LogP) is 0.572. The summed E-state index contributed by atoms with van der Waals surface area (Å²) < 4.78 is 2.00. The first-order chi connectivity index (χ1) is 9.70. The summed E-state index contributed by atoms with van der Waals surface area (Å²) >= 11 is 0. The van der Waals surface area contributed by atoms with E-state index in [4.69, 9.17) is 11.5 Å². The van der Waals surface area contributed by atoms with Crippen molar-refractivity contribution in [2.24, 2.45) is 5.73 Å². The molecule has 1 saturated carbocycles. The molecule has 1 aliphatic rings. The second kappa shape index (κ2) is 5.46. The fourth-order valence-corrected chi connectivity index (χ4v) is 2.42. The van der Waals surface area contributed by atoms with E-state index in [-0.39, 0.29) is 0 Å². The van der Waals surface area contributed by atoms with Crippen LogP contribution in [-0.2, 0) is 6.54 Å². The van der Waals surface area contributed by atoms with E-state index in [1.54, 1.807) is 12.5 Å². The predicted molar refractivity (Wildman–Crippen MR) is 77.1 cm³/mol. The Bertz CT molecular complexity index is 560. The lowest BCUT2D eigenvalue weighted by molar-refractivity contribution is 0.345. The minimum absolute atomic E-state index is 0.300. The molecule has 106 valence electrons. The fourth-order valence-electron chi connectivity index (χ4n) is 2.42. The second-order valence-corrected chi connectivity index (χ2v) is 5.19. The van der Waals surface area contributed by atoms with Crippen LogP contribution in [0.1, 0.15) is 24.5 Å². The minimum Gasteiger partial charge on any atom is -0.368 e. The summed E-state index contributed by atoms with van der Waals surface area (Å²) in [5.41, 5.74) is 12.6. The Morgan fingerprint density at radius 3 is 2.90 bits per heavy atom. The molecule has 2 aromatic heterocycles. The van der Waals surface area contributed by atoms with Crippen LogP contribution in [0.2, 0.25) is 0 Å². The van der Waals surface area contributed by atoms with E-state index in [9.17, 15) is 0 Å². The Balaban J connectivity index is 1.61. The molecule has 5 N–H and O–H groups in total. The smallest absolute Gasteiger partial charge is 0.222 e. The lowest BCUT2D eigenvalue weighted by Crippen LogP contribution is -2.35. The monoisotopic (exact) mass is 273 g/mol. The molecule has 0 aliphatic heterocycles. The highest BCUT2D eigenvalue weighted by Crippen LogP contribution is 2.35. The molecule has 0 unspecified atom stereocenters. The van der Waals surface area contributed by atoms with Crippen molar-refractivity contribution in [2.75, 3.05) is 17.6 Å². The summed E-state index contributed by atoms with van der Waals surface area (Å²) in [6.45, 7) is 1.59. The topological polar surface area (TPSA) is 108 Å². The number of anilines is 2. The fraction of sp³-hybridized carbons (Fsp3) is 0.462. The standard InChI is InChI=1S/C13H19N7/c14-10-5-9(6-10)11-7-12(19-13(15)18-11)17-2-4-20-3-1-16-8-20/h1,3,7-10H,2,4-6,14H2,(H3,15,17,18,19). The maximum absolute atomic E-state index is 5.82. The van der Waals surface area contributed by atoms with Gasteiger partial charge in [-0.3, -0.25) is 0 Å². The van der Waals surface area contributed by atoms with E-state index in [0.29, 0.717) is 17.9 Å². The molecular formula is C13H19N7. The Morgan fingerprint density at radius 2 is 2.20 bits per heavy atom. The third-order valence-electron chi connectivity index (χ3n) is 3.59. The summed E-state index contributed by atoms with van der Waals surface area (Å²) in [7, 11) is 0. The van der Waals surface area contributed by atoms with Crippen molar-refractivity contribution in [3.63, 3.8) is 0 Å². The molecule has 0 radical (unpaired) electrons. The van der Waals surface area contributed by atoms with Crippen LogP contribution in [0, 0.1) is 0 Å². The average Bonchev–Trinajstić information content (AvgIpc) is 2.87. The number of nitrogen functional groups attached to an aromatic ring is 1. The van der Waals surface area contributed by atoms with E-state index in [1.807, 2.05) is 16.8 Å². The van der Waals surface area contributed by atoms with Crippen molar-refractivity contribution < 1.29 is 0 Å². The number of nitrogens with two attached hydrogens (primary N) is 2. The van der Waals surface area contributed by atoms with Gasteiger partial charge in [0.25, 0.3) is 0 Å². The van der Waals surface area contributed by atoms with Gasteiger partial charge in [-0.25, -0.2) is 9.97 Å². The van der Waals surface area contributed by atoms with Gasteiger partial charge in [-0.15, -0.1) is 0 Å². The molecule has 3 rings (SSSR count). The van der Waals surface area contributed by atoms with Gasteiger partial charge in [-0.05, 0) is 12.8 Å². The molecule has 0 amide bonds. The van der Waals surface area contributed by atoms with Crippen molar-refractivity contribution in [1.82, 2.24) is 19.5 Å². The summed E-state index contributed by atoms with van der Waals surface area (Å²) in [6, 6.07) is 2.27. The van der Waals surface area contributed by atoms with Crippen molar-refractivity contribution in [1.29, 1.82) is 0 Å². The van der Waals surface area contributed by atoms with E-state index in [0.717, 1.165) is 37.4 Å². The van der Waals surface area contributed by atoms with Crippen LogP contribution in [0.5, 0.6) is 0 Å². The molecule has 0 aromatic carbocycles. The maximum atomic E-state index is 5.82. The quantitative estimate of drug-likeness (QED) is 0.735. The normalized spacial score (nSPS) is 21.4. The number of hydrogen-bond acceptors (Lipinski definition) is 6. The summed E-state index contributed by atoms with van der Waals surface area (Å²) in [5.74, 6) is 1.51. The summed E-state index contributed by atoms with van der Waals surface area (Å²) in [6.07, 6.45) is 7.44. The zero-order chi connectivity index (χ0) is 13.9. The van der Waals surface area contributed by atoms with Gasteiger partial charge in [0.15, 0.2) is 0 Å². The van der Waals surface area contributed by atoms with Crippen molar-refractivity contribution in [2.45, 2.75) is 31.3 Å². The lowest BCUT2D eigenvalue weighted by Gasteiger charge is -2.32. The average molecular weight is 273 g/mol. The highest BCUT2D eigenvalue weighted by Gasteiger charge is 2.28. The Labute approximate surface area is 117 Å². The number of imidazole rings is 1. The molecular weight excluding hydrogens is 254 g/mol. The summed E-state index contributed by atoms with van der Waals surface area (Å²) in [4.78, 5) is 12.5. The van der Waals surface area contributed by atoms with Crippen LogP contribution in [0.4, 0.5) is 11.8 Å². The van der Waals surface area contributed by atoms with Gasteiger partial charge in [0.1, 0.15) is 5.82 Å². The second-order valence-electron chi connectivity index (χ2n) is 5.19. The molecule has 1 aliphatic carbocycles. The molecule has 0 saturated heterocycles. The number of rotatable bonds is 5. The minimum atomic E-state index is 0.300. The lowest BCUT2D eigenvalue weighted by atomic mass is 9.78. The number of nitrogens with one attached hydrogen (secondary N) is 1. The zero-order valence-corrected chi connectivity index (χ0v) is 11.2. The van der Waals surface area contributed by atoms with Gasteiger partial charge in [-0.2, -0.15) is 4.98 Å². The van der Waals surface area contributed by atoms with E-state index >= 15 is 0 Å². The Hall–Kier alpha value is -2.15. The van der Waals surface area contributed by atoms with Gasteiger partial charge in [0.2, 0.25) is 5.95 Å². The van der Waals surface area contributed by atoms with Crippen molar-refractivity contribution >= 4 is 11.8 Å². The molecule has 0 spiro atoms. The van der Waals surface area contributed by atoms with Crippen LogP contribution < -0.4 is 16.8 Å². The summed E-state index contributed by atoms with van der Waals surface area (Å²) in [5, 5.41) is 3.27. The first-order valence-corrected chi connectivity index (χ1v) is 6.80. The van der Waals surface area contributed by atoms with E-state index < -0.39 is 0 Å². The van der Waals surface area contributed by atoms with Gasteiger partial charge in [0, 0.05) is 43.5 Å². The molecule has 1 fully saturated rings. The van der Waals surface area contributed by atoms with Gasteiger partial charge >= 0.3 is 0 Å². The van der Waals surface area contributed by atoms with Gasteiger partial charge in [0.05, 0.1) is 12.0 Å².